The van der Waals surface area contributed by atoms with Gasteiger partial charge in [-0.2, -0.15) is 0 Å². The van der Waals surface area contributed by atoms with Crippen LogP contribution >= 0.6 is 21.2 Å². The zero-order valence-corrected chi connectivity index (χ0v) is 114. The summed E-state index contributed by atoms with van der Waals surface area (Å²) in [5.41, 5.74) is 0. The van der Waals surface area contributed by atoms with Crippen LogP contribution in [-0.4, -0.2) is 30.1 Å². The Morgan fingerprint density at radius 1 is 0.364 bits per heavy atom. The molecule has 2 atom stereocenters. The monoisotopic (exact) mass is 2950 g/mol. The van der Waals surface area contributed by atoms with E-state index in [2.05, 4.69) is 4.74 Å². The predicted octanol–water partition coefficient (Wildman–Crippen LogP) is -1.67. The van der Waals surface area contributed by atoms with Crippen molar-refractivity contribution in [2.45, 2.75) is 19.8 Å². The summed E-state index contributed by atoms with van der Waals surface area (Å²) in [7, 11) is 0. The molecule has 0 amide bonds. The van der Waals surface area contributed by atoms with E-state index >= 15 is 0 Å². The first kappa shape index (κ1) is 125. The van der Waals surface area contributed by atoms with E-state index in [9.17, 15) is 14.4 Å². The number of ketones is 2. The minimum atomic E-state index is -4.09. The summed E-state index contributed by atoms with van der Waals surface area (Å²) >= 11 is 319. The van der Waals surface area contributed by atoms with Crippen LogP contribution in [0, 0.1) is 11.8 Å². The van der Waals surface area contributed by atoms with Crippen molar-refractivity contribution < 1.29 is 76.0 Å². The average Bonchev–Trinajstić information content (AvgIpc) is 0.684. The van der Waals surface area contributed by atoms with E-state index in [1.165, 1.54) is 12.2 Å². The SMILES string of the molecule is CC1CC(=O)/C=C/CC(COC=O)/C=C/C1=O.O.S=S(=S)([S-])S(=S)(=S)S(=S)(=S)S(=S)(=S)S(=S)(=S)S(=S)(=S)S(=S)(=S)S(=S)(=S)S(=S)(=S)S(=S)(=S)S(=S)(=S)S(=S)(=S)S(=S)(=S)S(=S)(=S)S(=S)(=S)S(=S)(=S)S(=S)(=S)S(=S)(=S)S(=S)(=S)S(=S)(=S)S(=S)(=S)S(=S)(=S)S(=S)(=S)S(=S)(=S)S(=S)(=S)S(=S)(=S)I.[K+]. The normalized spacial score (nSPS) is 18.8. The molecule has 1 aliphatic carbocycles. The number of halogens is 1. The molecular weight excluding hydrogens is 2940 g/mol. The molecule has 0 saturated heterocycles. The molecule has 0 aromatic carbocycles. The molecule has 0 fully saturated rings. The third-order valence-electron chi connectivity index (χ3n) is 8.89. The van der Waals surface area contributed by atoms with Crippen molar-refractivity contribution in [3.05, 3.63) is 24.3 Å². The largest absolute Gasteiger partial charge is 1.00 e. The molecule has 0 aromatic heterocycles. The van der Waals surface area contributed by atoms with Gasteiger partial charge in [0, 0.05) is 168 Å². The van der Waals surface area contributed by atoms with Crippen molar-refractivity contribution in [2.75, 3.05) is 6.61 Å². The minimum absolute atomic E-state index is 0. The molecule has 1 rings (SSSR count). The van der Waals surface area contributed by atoms with Gasteiger partial charge in [0.05, 0.1) is 6.61 Å². The molecular formula is C13H18IKO5S79. The zero-order valence-electron chi connectivity index (χ0n) is 43.9. The van der Waals surface area contributed by atoms with Crippen LogP contribution in [0.15, 0.2) is 24.3 Å². The van der Waals surface area contributed by atoms with Gasteiger partial charge in [0.2, 0.25) is 0 Å². The summed E-state index contributed by atoms with van der Waals surface area (Å²) in [5, 5.41) is -95.7. The van der Waals surface area contributed by atoms with Gasteiger partial charge < -0.3 is 21.9 Å². The summed E-state index contributed by atoms with van der Waals surface area (Å²) in [6.07, 6.45) is 7.30. The van der Waals surface area contributed by atoms with Crippen molar-refractivity contribution in [1.29, 1.82) is 0 Å². The van der Waals surface area contributed by atoms with Crippen molar-refractivity contribution in [1.82, 2.24) is 0 Å². The van der Waals surface area contributed by atoms with Gasteiger partial charge in [0.15, 0.2) is 11.6 Å². The van der Waals surface area contributed by atoms with Gasteiger partial charge >= 0.3 is 51.4 Å². The fourth-order valence-corrected chi connectivity index (χ4v) is 606. The topological polar surface area (TPSA) is 91.9 Å². The van der Waals surface area contributed by atoms with Crippen LogP contribution in [0.1, 0.15) is 19.8 Å². The van der Waals surface area contributed by atoms with Gasteiger partial charge in [-0.1, -0.05) is 41.5 Å². The van der Waals surface area contributed by atoms with Crippen molar-refractivity contribution in [3.8, 4) is 0 Å². The second-order valence-electron chi connectivity index (χ2n) is 14.8. The molecule has 0 radical (unpaired) electrons. The predicted molar refractivity (Wildman–Crippen MR) is 662 cm³/mol. The summed E-state index contributed by atoms with van der Waals surface area (Å²) in [6.45, 7) is 2.34. The molecule has 2 unspecified atom stereocenters. The molecule has 0 heterocycles. The molecule has 0 spiro atoms. The second kappa shape index (κ2) is 42.6. The van der Waals surface area contributed by atoms with E-state index in [4.69, 9.17) is 593 Å². The van der Waals surface area contributed by atoms with Gasteiger partial charge in [-0.05, 0) is 578 Å². The number of allylic oxidation sites excluding steroid dienone is 3. The van der Waals surface area contributed by atoms with E-state index in [-0.39, 0.29) is 93.3 Å². The van der Waals surface area contributed by atoms with Gasteiger partial charge in [0.1, 0.15) is 0 Å². The fourth-order valence-electron chi connectivity index (χ4n) is 4.05. The number of rotatable bonds is 28. The Labute approximate surface area is 878 Å². The van der Waals surface area contributed by atoms with Crippen LogP contribution in [0.25, 0.3) is 0 Å². The molecule has 86 heteroatoms. The molecule has 99 heavy (non-hydrogen) atoms. The van der Waals surface area contributed by atoms with E-state index in [0.29, 0.717) is 12.9 Å². The number of hydrogen-bond donors (Lipinski definition) is 0. The van der Waals surface area contributed by atoms with E-state index in [0.717, 1.165) is 0 Å². The maximum atomic E-state index is 11.6. The number of ether oxygens (including phenoxy) is 1. The first-order valence-electron chi connectivity index (χ1n) is 18.8. The van der Waals surface area contributed by atoms with Crippen LogP contribution < -0.4 is 51.4 Å². The summed E-state index contributed by atoms with van der Waals surface area (Å²) in [5.74, 6) is -0.464. The Hall–Kier alpha value is 21.5. The third kappa shape index (κ3) is 22.7. The first-order valence-corrected chi connectivity index (χ1v) is 126. The van der Waals surface area contributed by atoms with Crippen LogP contribution in [-0.2, 0) is 746 Å². The van der Waals surface area contributed by atoms with Crippen LogP contribution in [0.4, 0.5) is 0 Å². The van der Waals surface area contributed by atoms with Gasteiger partial charge in [0.25, 0.3) is 6.47 Å². The summed E-state index contributed by atoms with van der Waals surface area (Å²) in [6, 6.07) is 0. The fraction of sp³-hybridized carbons (Fsp3) is 0.462. The Morgan fingerprint density at radius 3 is 0.717 bits per heavy atom. The molecule has 5 nitrogen and oxygen atoms in total. The number of carbonyl (C=O) groups is 3. The van der Waals surface area contributed by atoms with E-state index in [1.54, 1.807) is 40.3 Å². The Bertz CT molecular complexity index is 6440. The Kier molecular flexibility index (Phi) is 53.6. The second-order valence-corrected chi connectivity index (χ2v) is 297. The standard InChI is InChI=1S/C13H16O4.HIS79.K.H2O/c1-10-7-12(15)4-2-3-11(8-17-9-14)5-6-13(10)16;1-55(2,3)57(7,8)59(11,12)61(15,16)63(19,20)65(23,24)67(27,28)69(31,32)71(35,36)73(39,40)75(43,44)77(47,48)79(51,52)80(53,54)78(49,50)76(45,46)74(41,42)72(37,38)70(33,34)68(29,30)66(25,26)64(21,22)62(17,18)60(13,14)58(9,10)56(4,5)6;;/h2,4-6,9-11H,3,7-8H2,1H3;(H,4,5,6);;1H2/q;;+1;/p-1/b4-2+,6-5+;;;. The van der Waals surface area contributed by atoms with E-state index < -0.39 is 134 Å². The molecule has 0 bridgehead atoms. The van der Waals surface area contributed by atoms with Crippen molar-refractivity contribution >= 4 is 766 Å². The van der Waals surface area contributed by atoms with Crippen molar-refractivity contribution in [2.24, 2.45) is 11.8 Å². The van der Waals surface area contributed by atoms with Crippen LogP contribution in [0.3, 0.4) is 0 Å². The molecule has 1 aliphatic rings. The van der Waals surface area contributed by atoms with Gasteiger partial charge in [-0.3, -0.25) is 14.4 Å². The maximum absolute atomic E-state index is 11.6. The van der Waals surface area contributed by atoms with E-state index in [1.807, 2.05) is 0 Å². The molecule has 0 saturated carbocycles. The van der Waals surface area contributed by atoms with Crippen LogP contribution in [0.5, 0.6) is 0 Å². The summed E-state index contributed by atoms with van der Waals surface area (Å²) in [4.78, 5) is 33.2. The Balaban J connectivity index is -0.00000419. The molecule has 0 aromatic rings. The molecule has 582 valence electrons. The number of carbonyl (C=O) groups excluding carboxylic acids is 3. The quantitative estimate of drug-likeness (QED) is 0.0224. The van der Waals surface area contributed by atoms with Crippen LogP contribution in [0.2, 0.25) is 0 Å². The van der Waals surface area contributed by atoms with Gasteiger partial charge in [-0.25, -0.2) is 0 Å². The molecule has 2 N–H and O–H groups in total. The minimum Gasteiger partial charge on any atom is -0.694 e. The van der Waals surface area contributed by atoms with Gasteiger partial charge in [-0.15, -0.1) is 5.21 Å². The smallest absolute Gasteiger partial charge is 0.694 e. The first-order chi connectivity index (χ1) is 41.4. The average molecular weight is 2950 g/mol. The maximum Gasteiger partial charge on any atom is 1.00 e. The summed E-state index contributed by atoms with van der Waals surface area (Å²) < 4.78 is 1.93. The molecule has 0 aliphatic heterocycles. The Morgan fingerprint density at radius 2 is 0.545 bits per heavy atom. The number of hydrogen-bond acceptors (Lipinski definition) is 57. The third-order valence-corrected chi connectivity index (χ3v) is 516. The zero-order chi connectivity index (χ0) is 79.7. The van der Waals surface area contributed by atoms with Crippen molar-refractivity contribution in [3.63, 3.8) is 0 Å².